The third-order valence-corrected chi connectivity index (χ3v) is 6.49. The van der Waals surface area contributed by atoms with E-state index < -0.39 is 0 Å². The van der Waals surface area contributed by atoms with Crippen LogP contribution in [0.5, 0.6) is 0 Å². The molecular weight excluding hydrogens is 404 g/mol. The summed E-state index contributed by atoms with van der Waals surface area (Å²) in [7, 11) is 1.74. The lowest BCUT2D eigenvalue weighted by Crippen LogP contribution is -2.29. The quantitative estimate of drug-likeness (QED) is 0.537. The van der Waals surface area contributed by atoms with E-state index in [1.165, 1.54) is 22.5 Å². The molecule has 1 aliphatic rings. The van der Waals surface area contributed by atoms with Crippen LogP contribution in [0.15, 0.2) is 54.7 Å². The summed E-state index contributed by atoms with van der Waals surface area (Å²) in [6, 6.07) is 17.0. The summed E-state index contributed by atoms with van der Waals surface area (Å²) >= 11 is 5.85. The molecular formula is C25H30N4OS. The minimum absolute atomic E-state index is 0.0115. The van der Waals surface area contributed by atoms with Crippen LogP contribution in [0.3, 0.4) is 0 Å². The van der Waals surface area contributed by atoms with Crippen LogP contribution in [-0.4, -0.2) is 28.4 Å². The first-order chi connectivity index (χ1) is 15.0. The first-order valence-corrected chi connectivity index (χ1v) is 11.2. The molecule has 2 atom stereocenters. The van der Waals surface area contributed by atoms with Gasteiger partial charge in [-0.15, -0.1) is 0 Å². The van der Waals surface area contributed by atoms with Crippen LogP contribution < -0.4 is 10.2 Å². The van der Waals surface area contributed by atoms with Gasteiger partial charge in [0.05, 0.1) is 24.4 Å². The van der Waals surface area contributed by atoms with Gasteiger partial charge in [-0.3, -0.25) is 4.98 Å². The Morgan fingerprint density at radius 1 is 1.13 bits per heavy atom. The number of pyridine rings is 1. The number of rotatable bonds is 7. The Balaban J connectivity index is 1.82. The number of methoxy groups -OCH3 is 1. The molecule has 1 saturated heterocycles. The van der Waals surface area contributed by atoms with Gasteiger partial charge in [0.25, 0.3) is 0 Å². The molecule has 0 aliphatic carbocycles. The summed E-state index contributed by atoms with van der Waals surface area (Å²) < 4.78 is 7.66. The summed E-state index contributed by atoms with van der Waals surface area (Å²) in [6.45, 7) is 8.03. The standard InChI is InChI=1S/C25H30N4OS/c1-5-19-9-11-20(12-10-19)29-24(21-16-17(2)28(18(21)3)14-15-30-4)23(27-25(29)31)22-8-6-7-13-26-22/h6-13,16,23-24H,5,14-15H2,1-4H3,(H,27,31)/t23-,24-/m0/s1. The van der Waals surface area contributed by atoms with Crippen molar-refractivity contribution < 1.29 is 4.74 Å². The van der Waals surface area contributed by atoms with E-state index in [-0.39, 0.29) is 12.1 Å². The Hall–Kier alpha value is -2.70. The second-order valence-electron chi connectivity index (χ2n) is 7.99. The Kier molecular flexibility index (Phi) is 6.39. The van der Waals surface area contributed by atoms with Gasteiger partial charge in [0.2, 0.25) is 0 Å². The van der Waals surface area contributed by atoms with Crippen LogP contribution in [0.2, 0.25) is 0 Å². The smallest absolute Gasteiger partial charge is 0.174 e. The fourth-order valence-corrected chi connectivity index (χ4v) is 4.84. The number of aromatic nitrogens is 2. The maximum Gasteiger partial charge on any atom is 0.174 e. The zero-order valence-electron chi connectivity index (χ0n) is 18.6. The average Bonchev–Trinajstić information content (AvgIpc) is 3.28. The SMILES string of the molecule is CCc1ccc(N2C(=S)N[C@@H](c3ccccn3)[C@@H]2c2cc(C)n(CCOC)c2C)cc1. The predicted molar refractivity (Wildman–Crippen MR) is 130 cm³/mol. The molecule has 3 aromatic rings. The van der Waals surface area contributed by atoms with Crippen LogP contribution in [0.1, 0.15) is 47.2 Å². The molecule has 1 aliphatic heterocycles. The second-order valence-corrected chi connectivity index (χ2v) is 8.37. The van der Waals surface area contributed by atoms with Crippen LogP contribution in [-0.2, 0) is 17.7 Å². The zero-order chi connectivity index (χ0) is 22.0. The number of hydrogen-bond acceptors (Lipinski definition) is 3. The van der Waals surface area contributed by atoms with Crippen LogP contribution in [0, 0.1) is 13.8 Å². The van der Waals surface area contributed by atoms with Crippen molar-refractivity contribution in [1.29, 1.82) is 0 Å². The maximum atomic E-state index is 5.85. The summed E-state index contributed by atoms with van der Waals surface area (Å²) in [5.74, 6) is 0. The molecule has 31 heavy (non-hydrogen) atoms. The van der Waals surface area contributed by atoms with Crippen molar-refractivity contribution in [1.82, 2.24) is 14.9 Å². The lowest BCUT2D eigenvalue weighted by Gasteiger charge is -2.28. The molecule has 0 saturated carbocycles. The minimum Gasteiger partial charge on any atom is -0.383 e. The Labute approximate surface area is 190 Å². The highest BCUT2D eigenvalue weighted by atomic mass is 32.1. The Morgan fingerprint density at radius 2 is 1.90 bits per heavy atom. The van der Waals surface area contributed by atoms with Gasteiger partial charge in [-0.2, -0.15) is 0 Å². The van der Waals surface area contributed by atoms with E-state index in [2.05, 4.69) is 76.9 Å². The fraction of sp³-hybridized carbons (Fsp3) is 0.360. The zero-order valence-corrected chi connectivity index (χ0v) is 19.4. The summed E-state index contributed by atoms with van der Waals surface area (Å²) in [6.07, 6.45) is 2.86. The molecule has 0 bridgehead atoms. The molecule has 0 unspecified atom stereocenters. The van der Waals surface area contributed by atoms with Gasteiger partial charge in [0.1, 0.15) is 0 Å². The molecule has 1 aromatic carbocycles. The fourth-order valence-electron chi connectivity index (χ4n) is 4.50. The van der Waals surface area contributed by atoms with Crippen molar-refractivity contribution in [2.75, 3.05) is 18.6 Å². The number of aryl methyl sites for hydroxylation is 2. The van der Waals surface area contributed by atoms with E-state index in [0.29, 0.717) is 6.61 Å². The molecule has 6 heteroatoms. The number of nitrogens with zero attached hydrogens (tertiary/aromatic N) is 3. The molecule has 162 valence electrons. The van der Waals surface area contributed by atoms with Gasteiger partial charge in [-0.25, -0.2) is 0 Å². The highest BCUT2D eigenvalue weighted by Gasteiger charge is 2.42. The van der Waals surface area contributed by atoms with Gasteiger partial charge in [-0.1, -0.05) is 25.1 Å². The number of thiocarbonyl (C=S) groups is 1. The molecule has 5 nitrogen and oxygen atoms in total. The highest BCUT2D eigenvalue weighted by Crippen LogP contribution is 2.43. The third-order valence-electron chi connectivity index (χ3n) is 6.17. The molecule has 1 fully saturated rings. The normalized spacial score (nSPS) is 18.5. The summed E-state index contributed by atoms with van der Waals surface area (Å²) in [4.78, 5) is 6.91. The monoisotopic (exact) mass is 434 g/mol. The van der Waals surface area contributed by atoms with E-state index in [1.54, 1.807) is 7.11 Å². The van der Waals surface area contributed by atoms with Gasteiger partial charge in [0.15, 0.2) is 5.11 Å². The predicted octanol–water partition coefficient (Wildman–Crippen LogP) is 4.89. The van der Waals surface area contributed by atoms with E-state index in [9.17, 15) is 0 Å². The second kappa shape index (κ2) is 9.20. The van der Waals surface area contributed by atoms with E-state index in [0.717, 1.165) is 29.5 Å². The van der Waals surface area contributed by atoms with Gasteiger partial charge in [0, 0.05) is 36.9 Å². The molecule has 0 radical (unpaired) electrons. The lowest BCUT2D eigenvalue weighted by atomic mass is 9.96. The molecule has 4 rings (SSSR count). The van der Waals surface area contributed by atoms with Gasteiger partial charge >= 0.3 is 0 Å². The number of benzene rings is 1. The van der Waals surface area contributed by atoms with Crippen molar-refractivity contribution in [3.05, 3.63) is 82.9 Å². The maximum absolute atomic E-state index is 5.85. The number of nitrogens with one attached hydrogen (secondary N) is 1. The van der Waals surface area contributed by atoms with Crippen LogP contribution >= 0.6 is 12.2 Å². The van der Waals surface area contributed by atoms with Gasteiger partial charge < -0.3 is 19.5 Å². The first-order valence-electron chi connectivity index (χ1n) is 10.8. The highest BCUT2D eigenvalue weighted by molar-refractivity contribution is 7.80. The summed E-state index contributed by atoms with van der Waals surface area (Å²) in [5.41, 5.74) is 7.13. The minimum atomic E-state index is -0.0315. The number of hydrogen-bond donors (Lipinski definition) is 1. The first kappa shape index (κ1) is 21.5. The van der Waals surface area contributed by atoms with Gasteiger partial charge in [-0.05, 0) is 73.9 Å². The van der Waals surface area contributed by atoms with Crippen molar-refractivity contribution in [3.63, 3.8) is 0 Å². The Morgan fingerprint density at radius 3 is 2.55 bits per heavy atom. The van der Waals surface area contributed by atoms with E-state index in [1.807, 2.05) is 18.3 Å². The third kappa shape index (κ3) is 4.10. The van der Waals surface area contributed by atoms with E-state index >= 15 is 0 Å². The molecule has 1 N–H and O–H groups in total. The number of anilines is 1. The topological polar surface area (TPSA) is 42.3 Å². The lowest BCUT2D eigenvalue weighted by molar-refractivity contribution is 0.186. The average molecular weight is 435 g/mol. The molecule has 0 spiro atoms. The van der Waals surface area contributed by atoms with Crippen LogP contribution in [0.25, 0.3) is 0 Å². The van der Waals surface area contributed by atoms with E-state index in [4.69, 9.17) is 17.0 Å². The molecule has 3 heterocycles. The van der Waals surface area contributed by atoms with Crippen LogP contribution in [0.4, 0.5) is 5.69 Å². The largest absolute Gasteiger partial charge is 0.383 e. The van der Waals surface area contributed by atoms with Crippen molar-refractivity contribution in [3.8, 4) is 0 Å². The summed E-state index contributed by atoms with van der Waals surface area (Å²) in [5, 5.41) is 4.28. The van der Waals surface area contributed by atoms with Crippen molar-refractivity contribution in [2.24, 2.45) is 0 Å². The van der Waals surface area contributed by atoms with Crippen molar-refractivity contribution >= 4 is 23.0 Å². The molecule has 0 amide bonds. The van der Waals surface area contributed by atoms with Crippen molar-refractivity contribution in [2.45, 2.75) is 45.8 Å². The Bertz CT molecular complexity index is 1050. The number of ether oxygens (including phenoxy) is 1. The molecule has 2 aromatic heterocycles.